The van der Waals surface area contributed by atoms with Gasteiger partial charge in [-0.05, 0) is 24.3 Å². The van der Waals surface area contributed by atoms with E-state index in [0.717, 1.165) is 0 Å². The Morgan fingerprint density at radius 2 is 1.85 bits per heavy atom. The molecule has 1 saturated heterocycles. The highest BCUT2D eigenvalue weighted by Gasteiger charge is 2.35. The van der Waals surface area contributed by atoms with Crippen molar-refractivity contribution in [3.63, 3.8) is 0 Å². The van der Waals surface area contributed by atoms with Gasteiger partial charge in [-0.1, -0.05) is 11.6 Å². The zero-order valence-electron chi connectivity index (χ0n) is 10.5. The summed E-state index contributed by atoms with van der Waals surface area (Å²) < 4.78 is 0. The molecule has 20 heavy (non-hydrogen) atoms. The van der Waals surface area contributed by atoms with Crippen LogP contribution >= 0.6 is 11.6 Å². The van der Waals surface area contributed by atoms with Crippen molar-refractivity contribution in [2.24, 2.45) is 5.92 Å². The lowest BCUT2D eigenvalue weighted by atomic mass is 10.0. The van der Waals surface area contributed by atoms with Crippen LogP contribution in [0.3, 0.4) is 0 Å². The van der Waals surface area contributed by atoms with E-state index in [2.05, 4.69) is 5.32 Å². The number of nitrogens with one attached hydrogen (secondary N) is 1. The highest BCUT2D eigenvalue weighted by Crippen LogP contribution is 2.15. The Morgan fingerprint density at radius 1 is 1.25 bits per heavy atom. The van der Waals surface area contributed by atoms with Gasteiger partial charge < -0.3 is 15.3 Å². The molecule has 1 aliphatic rings. The van der Waals surface area contributed by atoms with Crippen LogP contribution in [-0.4, -0.2) is 47.4 Å². The second-order valence-corrected chi connectivity index (χ2v) is 4.96. The minimum atomic E-state index is -0.903. The average Bonchev–Trinajstić information content (AvgIpc) is 2.34. The second kappa shape index (κ2) is 5.92. The number of benzene rings is 1. The molecule has 0 radical (unpaired) electrons. The predicted molar refractivity (Wildman–Crippen MR) is 71.5 cm³/mol. The number of nitrogens with zero attached hydrogens (tertiary/aromatic N) is 1. The summed E-state index contributed by atoms with van der Waals surface area (Å²) in [6.07, 6.45) is 0. The molecule has 2 rings (SSSR count). The van der Waals surface area contributed by atoms with E-state index in [-0.39, 0.29) is 31.4 Å². The van der Waals surface area contributed by atoms with Crippen molar-refractivity contribution < 1.29 is 19.5 Å². The minimum Gasteiger partial charge on any atom is -0.481 e. The van der Waals surface area contributed by atoms with E-state index in [1.165, 1.54) is 4.90 Å². The summed E-state index contributed by atoms with van der Waals surface area (Å²) in [7, 11) is 0. The lowest BCUT2D eigenvalue weighted by Crippen LogP contribution is -2.55. The van der Waals surface area contributed by atoms with E-state index in [1.54, 1.807) is 24.3 Å². The van der Waals surface area contributed by atoms with Crippen molar-refractivity contribution in [1.82, 2.24) is 10.2 Å². The lowest BCUT2D eigenvalue weighted by molar-refractivity contribution is -0.152. The van der Waals surface area contributed by atoms with Crippen molar-refractivity contribution in [2.75, 3.05) is 19.6 Å². The predicted octanol–water partition coefficient (Wildman–Crippen LogP) is 0.613. The first-order valence-electron chi connectivity index (χ1n) is 6.01. The van der Waals surface area contributed by atoms with Crippen molar-refractivity contribution in [3.8, 4) is 0 Å². The molecule has 6 nitrogen and oxygen atoms in total. The number of carbonyl (C=O) groups excluding carboxylic acids is 2. The molecule has 2 amide bonds. The maximum absolute atomic E-state index is 11.7. The molecule has 0 unspecified atom stereocenters. The zero-order chi connectivity index (χ0) is 14.7. The van der Waals surface area contributed by atoms with Gasteiger partial charge >= 0.3 is 5.97 Å². The van der Waals surface area contributed by atoms with Gasteiger partial charge in [0, 0.05) is 23.7 Å². The number of carboxylic acids is 1. The highest BCUT2D eigenvalue weighted by molar-refractivity contribution is 6.30. The van der Waals surface area contributed by atoms with Gasteiger partial charge in [-0.15, -0.1) is 0 Å². The van der Waals surface area contributed by atoms with Crippen LogP contribution in [0.5, 0.6) is 0 Å². The van der Waals surface area contributed by atoms with Crippen molar-refractivity contribution >= 4 is 29.4 Å². The van der Waals surface area contributed by atoms with E-state index in [4.69, 9.17) is 16.7 Å². The quantitative estimate of drug-likeness (QED) is 0.852. The number of halogens is 1. The van der Waals surface area contributed by atoms with Crippen LogP contribution in [0.4, 0.5) is 0 Å². The van der Waals surface area contributed by atoms with Gasteiger partial charge in [-0.25, -0.2) is 0 Å². The van der Waals surface area contributed by atoms with E-state index < -0.39 is 11.9 Å². The zero-order valence-corrected chi connectivity index (χ0v) is 11.3. The van der Waals surface area contributed by atoms with Crippen LogP contribution in [-0.2, 0) is 9.59 Å². The molecule has 7 heteroatoms. The molecular formula is C13H13ClN2O4. The first kappa shape index (κ1) is 14.3. The summed E-state index contributed by atoms with van der Waals surface area (Å²) in [6, 6.07) is 6.30. The Balaban J connectivity index is 1.78. The molecule has 106 valence electrons. The highest BCUT2D eigenvalue weighted by atomic mass is 35.5. The molecule has 0 aliphatic carbocycles. The largest absolute Gasteiger partial charge is 0.481 e. The third-order valence-electron chi connectivity index (χ3n) is 3.09. The van der Waals surface area contributed by atoms with E-state index in [1.807, 2.05) is 0 Å². The van der Waals surface area contributed by atoms with Crippen LogP contribution in [0.1, 0.15) is 10.4 Å². The Hall–Kier alpha value is -2.08. The van der Waals surface area contributed by atoms with Gasteiger partial charge in [0.2, 0.25) is 5.91 Å². The van der Waals surface area contributed by atoms with E-state index in [0.29, 0.717) is 10.6 Å². The number of likely N-dealkylation sites (tertiary alicyclic amines) is 1. The number of hydrogen-bond donors (Lipinski definition) is 2. The molecule has 0 bridgehead atoms. The molecule has 1 fully saturated rings. The number of amides is 2. The van der Waals surface area contributed by atoms with Gasteiger partial charge in [0.25, 0.3) is 5.91 Å². The topological polar surface area (TPSA) is 86.7 Å². The first-order valence-corrected chi connectivity index (χ1v) is 6.39. The summed E-state index contributed by atoms with van der Waals surface area (Å²) >= 11 is 5.71. The molecular weight excluding hydrogens is 284 g/mol. The monoisotopic (exact) mass is 296 g/mol. The van der Waals surface area contributed by atoms with Gasteiger partial charge in [-0.2, -0.15) is 0 Å². The Kier molecular flexibility index (Phi) is 4.24. The van der Waals surface area contributed by atoms with Gasteiger partial charge in [0.05, 0.1) is 12.5 Å². The maximum atomic E-state index is 11.7. The van der Waals surface area contributed by atoms with E-state index >= 15 is 0 Å². The molecule has 0 spiro atoms. The third kappa shape index (κ3) is 3.27. The molecule has 0 atom stereocenters. The SMILES string of the molecule is O=C(NCC(=O)N1CC(C(=O)O)C1)c1ccc(Cl)cc1. The fourth-order valence-electron chi connectivity index (χ4n) is 1.81. The fraction of sp³-hybridized carbons (Fsp3) is 0.308. The van der Waals surface area contributed by atoms with Gasteiger partial charge in [0.15, 0.2) is 0 Å². The Bertz CT molecular complexity index is 538. The normalized spacial score (nSPS) is 14.6. The Morgan fingerprint density at radius 3 is 2.40 bits per heavy atom. The molecule has 1 aliphatic heterocycles. The van der Waals surface area contributed by atoms with Crippen LogP contribution in [0.25, 0.3) is 0 Å². The van der Waals surface area contributed by atoms with Crippen LogP contribution in [0.15, 0.2) is 24.3 Å². The fourth-order valence-corrected chi connectivity index (χ4v) is 1.94. The molecule has 1 aromatic carbocycles. The van der Waals surface area contributed by atoms with Crippen LogP contribution in [0.2, 0.25) is 5.02 Å². The Labute approximate surface area is 120 Å². The van der Waals surface area contributed by atoms with Gasteiger partial charge in [0.1, 0.15) is 0 Å². The first-order chi connectivity index (χ1) is 9.47. The molecule has 0 saturated carbocycles. The summed E-state index contributed by atoms with van der Waals surface area (Å²) in [5, 5.41) is 11.7. The summed E-state index contributed by atoms with van der Waals surface area (Å²) in [4.78, 5) is 35.4. The molecule has 2 N–H and O–H groups in total. The lowest BCUT2D eigenvalue weighted by Gasteiger charge is -2.36. The third-order valence-corrected chi connectivity index (χ3v) is 3.34. The van der Waals surface area contributed by atoms with Gasteiger partial charge in [-0.3, -0.25) is 14.4 Å². The van der Waals surface area contributed by atoms with Crippen molar-refractivity contribution in [1.29, 1.82) is 0 Å². The number of carbonyl (C=O) groups is 3. The van der Waals surface area contributed by atoms with Crippen molar-refractivity contribution in [2.45, 2.75) is 0 Å². The second-order valence-electron chi connectivity index (χ2n) is 4.52. The number of rotatable bonds is 4. The minimum absolute atomic E-state index is 0.145. The number of hydrogen-bond acceptors (Lipinski definition) is 3. The maximum Gasteiger partial charge on any atom is 0.310 e. The van der Waals surface area contributed by atoms with Crippen molar-refractivity contribution in [3.05, 3.63) is 34.9 Å². The smallest absolute Gasteiger partial charge is 0.310 e. The number of carboxylic acid groups (broad SMARTS) is 1. The molecule has 0 aromatic heterocycles. The summed E-state index contributed by atoms with van der Waals surface area (Å²) in [6.45, 7) is 0.254. The van der Waals surface area contributed by atoms with Crippen LogP contribution in [0, 0.1) is 5.92 Å². The van der Waals surface area contributed by atoms with E-state index in [9.17, 15) is 14.4 Å². The summed E-state index contributed by atoms with van der Waals surface area (Å²) in [5.41, 5.74) is 0.411. The van der Waals surface area contributed by atoms with Crippen LogP contribution < -0.4 is 5.32 Å². The number of aliphatic carboxylic acids is 1. The standard InChI is InChI=1S/C13H13ClN2O4/c14-10-3-1-8(2-4-10)12(18)15-5-11(17)16-6-9(7-16)13(19)20/h1-4,9H,5-7H2,(H,15,18)(H,19,20). The molecule has 1 aromatic rings. The molecule has 1 heterocycles. The summed E-state index contributed by atoms with van der Waals surface area (Å²) in [5.74, 6) is -2.06. The average molecular weight is 297 g/mol.